The van der Waals surface area contributed by atoms with E-state index >= 15 is 0 Å². The van der Waals surface area contributed by atoms with Gasteiger partial charge in [-0.05, 0) is 25.8 Å². The van der Waals surface area contributed by atoms with Crippen LogP contribution in [0.5, 0.6) is 0 Å². The van der Waals surface area contributed by atoms with Gasteiger partial charge in [0.25, 0.3) is 0 Å². The Hall–Kier alpha value is -1.68. The Morgan fingerprint density at radius 2 is 2.11 bits per heavy atom. The molecule has 0 amide bonds. The number of hydrogen-bond acceptors (Lipinski definition) is 4. The number of fused-ring (bicyclic) bond motifs is 1. The number of rotatable bonds is 1. The molecule has 1 saturated heterocycles. The molecule has 1 aliphatic heterocycles. The maximum absolute atomic E-state index is 4.53. The number of nitrogens with one attached hydrogen (secondary N) is 1. The highest BCUT2D eigenvalue weighted by molar-refractivity contribution is 5.73. The SMILES string of the molecule is CC1CCN(c2ncnc3c2C=CCC=C3)CCN1. The van der Waals surface area contributed by atoms with E-state index in [4.69, 9.17) is 0 Å². The quantitative estimate of drug-likeness (QED) is 0.835. The van der Waals surface area contributed by atoms with Crippen LogP contribution < -0.4 is 10.2 Å². The first-order valence-corrected chi connectivity index (χ1v) is 7.01. The topological polar surface area (TPSA) is 41.1 Å². The van der Waals surface area contributed by atoms with Crippen molar-refractivity contribution in [2.45, 2.75) is 25.8 Å². The molecule has 1 aromatic heterocycles. The molecule has 0 spiro atoms. The van der Waals surface area contributed by atoms with Gasteiger partial charge in [0.05, 0.1) is 5.69 Å². The summed E-state index contributed by atoms with van der Waals surface area (Å²) in [6, 6.07) is 0.584. The average Bonchev–Trinajstić information content (AvgIpc) is 2.78. The number of nitrogens with zero attached hydrogens (tertiary/aromatic N) is 3. The molecule has 2 heterocycles. The van der Waals surface area contributed by atoms with E-state index < -0.39 is 0 Å². The molecule has 3 rings (SSSR count). The van der Waals surface area contributed by atoms with Crippen LogP contribution in [0.3, 0.4) is 0 Å². The summed E-state index contributed by atoms with van der Waals surface area (Å²) in [5, 5.41) is 3.52. The van der Waals surface area contributed by atoms with E-state index in [1.54, 1.807) is 6.33 Å². The van der Waals surface area contributed by atoms with Crippen molar-refractivity contribution in [3.05, 3.63) is 29.7 Å². The van der Waals surface area contributed by atoms with E-state index in [9.17, 15) is 0 Å². The maximum Gasteiger partial charge on any atom is 0.139 e. The lowest BCUT2D eigenvalue weighted by atomic mass is 10.1. The highest BCUT2D eigenvalue weighted by Gasteiger charge is 2.18. The molecule has 0 bridgehead atoms. The fourth-order valence-electron chi connectivity index (χ4n) is 2.61. The van der Waals surface area contributed by atoms with Crippen LogP contribution in [0, 0.1) is 0 Å². The van der Waals surface area contributed by atoms with Gasteiger partial charge in [-0.25, -0.2) is 9.97 Å². The van der Waals surface area contributed by atoms with Gasteiger partial charge in [-0.3, -0.25) is 0 Å². The van der Waals surface area contributed by atoms with E-state index in [-0.39, 0.29) is 0 Å². The smallest absolute Gasteiger partial charge is 0.139 e. The Morgan fingerprint density at radius 3 is 3.05 bits per heavy atom. The van der Waals surface area contributed by atoms with Crippen molar-refractivity contribution in [2.75, 3.05) is 24.5 Å². The molecule has 1 aliphatic carbocycles. The van der Waals surface area contributed by atoms with Crippen molar-refractivity contribution in [3.8, 4) is 0 Å². The van der Waals surface area contributed by atoms with E-state index in [0.717, 1.165) is 49.6 Å². The molecule has 1 fully saturated rings. The number of aromatic nitrogens is 2. The van der Waals surface area contributed by atoms with Crippen LogP contribution >= 0.6 is 0 Å². The number of anilines is 1. The first-order valence-electron chi connectivity index (χ1n) is 7.01. The Kier molecular flexibility index (Phi) is 3.60. The second-order valence-electron chi connectivity index (χ2n) is 5.17. The van der Waals surface area contributed by atoms with Crippen LogP contribution in [-0.4, -0.2) is 35.6 Å². The Morgan fingerprint density at radius 1 is 1.21 bits per heavy atom. The molecule has 2 aliphatic rings. The third-order valence-electron chi connectivity index (χ3n) is 3.73. The lowest BCUT2D eigenvalue weighted by Crippen LogP contribution is -2.30. The van der Waals surface area contributed by atoms with Gasteiger partial charge in [-0.1, -0.05) is 18.2 Å². The normalized spacial score (nSPS) is 22.8. The predicted octanol–water partition coefficient (Wildman–Crippen LogP) is 2.09. The van der Waals surface area contributed by atoms with Gasteiger partial charge in [0.2, 0.25) is 0 Å². The molecular formula is C15H20N4. The first kappa shape index (κ1) is 12.4. The molecule has 1 aromatic rings. The van der Waals surface area contributed by atoms with Crippen molar-refractivity contribution in [3.63, 3.8) is 0 Å². The standard InChI is InChI=1S/C15H20N4/c1-12-7-9-19(10-8-16-12)15-13-5-3-2-4-6-14(13)17-11-18-15/h3-6,11-12,16H,2,7-10H2,1H3. The molecule has 1 N–H and O–H groups in total. The minimum atomic E-state index is 0.584. The Labute approximate surface area is 114 Å². The van der Waals surface area contributed by atoms with Gasteiger partial charge in [0, 0.05) is 31.2 Å². The van der Waals surface area contributed by atoms with E-state index in [0.29, 0.717) is 6.04 Å². The van der Waals surface area contributed by atoms with Gasteiger partial charge in [-0.15, -0.1) is 0 Å². The maximum atomic E-state index is 4.53. The van der Waals surface area contributed by atoms with Crippen molar-refractivity contribution in [2.24, 2.45) is 0 Å². The van der Waals surface area contributed by atoms with Crippen LogP contribution in [-0.2, 0) is 0 Å². The summed E-state index contributed by atoms with van der Waals surface area (Å²) >= 11 is 0. The number of allylic oxidation sites excluding steroid dienone is 2. The van der Waals surface area contributed by atoms with Gasteiger partial charge in [0.1, 0.15) is 12.1 Å². The minimum absolute atomic E-state index is 0.584. The minimum Gasteiger partial charge on any atom is -0.355 e. The first-order chi connectivity index (χ1) is 9.34. The van der Waals surface area contributed by atoms with Crippen molar-refractivity contribution >= 4 is 18.0 Å². The molecule has 0 saturated carbocycles. The molecule has 1 atom stereocenters. The van der Waals surface area contributed by atoms with Crippen molar-refractivity contribution in [1.82, 2.24) is 15.3 Å². The van der Waals surface area contributed by atoms with Gasteiger partial charge in [0.15, 0.2) is 0 Å². The number of hydrogen-bond donors (Lipinski definition) is 1. The highest BCUT2D eigenvalue weighted by Crippen LogP contribution is 2.25. The van der Waals surface area contributed by atoms with Gasteiger partial charge in [-0.2, -0.15) is 0 Å². The largest absolute Gasteiger partial charge is 0.355 e. The summed E-state index contributed by atoms with van der Waals surface area (Å²) in [7, 11) is 0. The second-order valence-corrected chi connectivity index (χ2v) is 5.17. The zero-order valence-electron chi connectivity index (χ0n) is 11.3. The zero-order chi connectivity index (χ0) is 13.1. The fraction of sp³-hybridized carbons (Fsp3) is 0.467. The van der Waals surface area contributed by atoms with Crippen LogP contribution in [0.4, 0.5) is 5.82 Å². The molecule has 0 aromatic carbocycles. The summed E-state index contributed by atoms with van der Waals surface area (Å²) in [5.41, 5.74) is 2.19. The summed E-state index contributed by atoms with van der Waals surface area (Å²) < 4.78 is 0. The fourth-order valence-corrected chi connectivity index (χ4v) is 2.61. The summed E-state index contributed by atoms with van der Waals surface area (Å²) in [6.45, 7) is 5.31. The molecule has 4 heteroatoms. The summed E-state index contributed by atoms with van der Waals surface area (Å²) in [4.78, 5) is 11.3. The van der Waals surface area contributed by atoms with Crippen LogP contribution in [0.1, 0.15) is 31.0 Å². The van der Waals surface area contributed by atoms with Gasteiger partial charge >= 0.3 is 0 Å². The Balaban J connectivity index is 1.94. The molecular weight excluding hydrogens is 236 g/mol. The molecule has 100 valence electrons. The van der Waals surface area contributed by atoms with Crippen LogP contribution in [0.15, 0.2) is 18.5 Å². The summed E-state index contributed by atoms with van der Waals surface area (Å²) in [6.07, 6.45) is 12.4. The molecule has 4 nitrogen and oxygen atoms in total. The van der Waals surface area contributed by atoms with Crippen molar-refractivity contribution < 1.29 is 0 Å². The van der Waals surface area contributed by atoms with E-state index in [1.165, 1.54) is 0 Å². The second kappa shape index (κ2) is 5.53. The average molecular weight is 256 g/mol. The lowest BCUT2D eigenvalue weighted by molar-refractivity contribution is 0.566. The third-order valence-corrected chi connectivity index (χ3v) is 3.73. The van der Waals surface area contributed by atoms with Crippen molar-refractivity contribution in [1.29, 1.82) is 0 Å². The van der Waals surface area contributed by atoms with Gasteiger partial charge < -0.3 is 10.2 Å². The highest BCUT2D eigenvalue weighted by atomic mass is 15.2. The molecule has 1 unspecified atom stereocenters. The molecule has 0 radical (unpaired) electrons. The monoisotopic (exact) mass is 256 g/mol. The van der Waals surface area contributed by atoms with E-state index in [2.05, 4.69) is 51.4 Å². The van der Waals surface area contributed by atoms with Crippen LogP contribution in [0.25, 0.3) is 12.2 Å². The third kappa shape index (κ3) is 2.68. The molecule has 19 heavy (non-hydrogen) atoms. The zero-order valence-corrected chi connectivity index (χ0v) is 11.3. The van der Waals surface area contributed by atoms with Crippen LogP contribution in [0.2, 0.25) is 0 Å². The summed E-state index contributed by atoms with van der Waals surface area (Å²) in [5.74, 6) is 1.07. The lowest BCUT2D eigenvalue weighted by Gasteiger charge is -2.23. The predicted molar refractivity (Wildman–Crippen MR) is 79.0 cm³/mol. The Bertz CT molecular complexity index is 507. The van der Waals surface area contributed by atoms with E-state index in [1.807, 2.05) is 0 Å².